The van der Waals surface area contributed by atoms with E-state index in [-0.39, 0.29) is 22.8 Å². The first-order valence-electron chi connectivity index (χ1n) is 10.3. The number of carbonyl (C=O) groups excluding carboxylic acids is 2. The van der Waals surface area contributed by atoms with Crippen molar-refractivity contribution in [2.75, 3.05) is 53.0 Å². The van der Waals surface area contributed by atoms with Crippen LogP contribution in [0.4, 0.5) is 0 Å². The minimum Gasteiger partial charge on any atom is -0.385 e. The highest BCUT2D eigenvalue weighted by molar-refractivity contribution is 7.89. The first-order chi connectivity index (χ1) is 14.4. The topological polar surface area (TPSA) is 108 Å². The van der Waals surface area contributed by atoms with Gasteiger partial charge in [-0.2, -0.15) is 0 Å². The van der Waals surface area contributed by atoms with Crippen molar-refractivity contribution in [1.82, 2.24) is 19.8 Å². The second-order valence-corrected chi connectivity index (χ2v) is 9.40. The molecule has 1 aliphatic heterocycles. The Morgan fingerprint density at radius 3 is 2.57 bits per heavy atom. The Balaban J connectivity index is 1.49. The van der Waals surface area contributed by atoms with Crippen LogP contribution in [-0.2, 0) is 19.6 Å². The lowest BCUT2D eigenvalue weighted by Crippen LogP contribution is -2.51. The molecule has 2 amide bonds. The molecule has 2 fully saturated rings. The van der Waals surface area contributed by atoms with E-state index in [1.165, 1.54) is 12.1 Å². The molecule has 10 heteroatoms. The van der Waals surface area contributed by atoms with Gasteiger partial charge in [0.05, 0.1) is 11.4 Å². The minimum atomic E-state index is -3.60. The van der Waals surface area contributed by atoms with Gasteiger partial charge in [0, 0.05) is 58.0 Å². The molecule has 1 aromatic carbocycles. The van der Waals surface area contributed by atoms with Crippen LogP contribution in [0.1, 0.15) is 29.6 Å². The van der Waals surface area contributed by atoms with Crippen LogP contribution in [0.2, 0.25) is 0 Å². The zero-order chi connectivity index (χ0) is 21.6. The predicted octanol–water partition coefficient (Wildman–Crippen LogP) is 0.0378. The number of sulfonamides is 1. The lowest BCUT2D eigenvalue weighted by atomic mass is 10.2. The van der Waals surface area contributed by atoms with Gasteiger partial charge in [-0.25, -0.2) is 13.1 Å². The van der Waals surface area contributed by atoms with E-state index in [1.807, 2.05) is 4.90 Å². The molecule has 2 N–H and O–H groups in total. The number of nitrogens with zero attached hydrogens (tertiary/aromatic N) is 2. The quantitative estimate of drug-likeness (QED) is 0.500. The molecule has 166 valence electrons. The third-order valence-electron chi connectivity index (χ3n) is 5.16. The Morgan fingerprint density at radius 1 is 1.17 bits per heavy atom. The van der Waals surface area contributed by atoms with E-state index in [4.69, 9.17) is 4.74 Å². The number of ether oxygens (including phenoxy) is 1. The Bertz CT molecular complexity index is 849. The van der Waals surface area contributed by atoms with Gasteiger partial charge >= 0.3 is 0 Å². The maximum absolute atomic E-state index is 12.8. The monoisotopic (exact) mass is 438 g/mol. The van der Waals surface area contributed by atoms with Crippen LogP contribution < -0.4 is 10.0 Å². The molecular formula is C20H30N4O5S. The molecule has 0 aromatic heterocycles. The van der Waals surface area contributed by atoms with Crippen LogP contribution in [0.5, 0.6) is 0 Å². The Labute approximate surface area is 177 Å². The number of hydrogen-bond donors (Lipinski definition) is 2. The van der Waals surface area contributed by atoms with Gasteiger partial charge in [0.2, 0.25) is 15.9 Å². The van der Waals surface area contributed by atoms with Gasteiger partial charge in [-0.1, -0.05) is 6.07 Å². The molecule has 1 saturated heterocycles. The molecule has 0 unspecified atom stereocenters. The smallest absolute Gasteiger partial charge is 0.253 e. The van der Waals surface area contributed by atoms with Crippen LogP contribution in [-0.4, -0.2) is 89.1 Å². The van der Waals surface area contributed by atoms with Crippen LogP contribution in [0.25, 0.3) is 0 Å². The first kappa shape index (κ1) is 22.7. The zero-order valence-electron chi connectivity index (χ0n) is 17.3. The average molecular weight is 439 g/mol. The molecule has 30 heavy (non-hydrogen) atoms. The summed E-state index contributed by atoms with van der Waals surface area (Å²) in [6.45, 7) is 3.67. The molecule has 1 aromatic rings. The number of piperazine rings is 1. The van der Waals surface area contributed by atoms with E-state index in [2.05, 4.69) is 10.0 Å². The number of hydrogen-bond acceptors (Lipinski definition) is 6. The summed E-state index contributed by atoms with van der Waals surface area (Å²) in [6, 6.07) is 6.19. The molecule has 1 saturated carbocycles. The van der Waals surface area contributed by atoms with Crippen molar-refractivity contribution >= 4 is 21.8 Å². The van der Waals surface area contributed by atoms with Crippen LogP contribution in [0.15, 0.2) is 29.2 Å². The summed E-state index contributed by atoms with van der Waals surface area (Å²) < 4.78 is 32.4. The lowest BCUT2D eigenvalue weighted by Gasteiger charge is -2.34. The standard InChI is InChI=1S/C20H30N4O5S/c1-29-13-3-8-21-19(25)15-23-9-11-24(12-10-23)20(26)16-4-2-5-18(14-16)30(27,28)22-17-6-7-17/h2,4-5,14,17,22H,3,6-13,15H2,1H3,(H,21,25). The summed E-state index contributed by atoms with van der Waals surface area (Å²) >= 11 is 0. The lowest BCUT2D eigenvalue weighted by molar-refractivity contribution is -0.122. The molecule has 0 bridgehead atoms. The van der Waals surface area contributed by atoms with Gasteiger partial charge in [0.1, 0.15) is 0 Å². The average Bonchev–Trinajstić information content (AvgIpc) is 3.55. The number of nitrogens with one attached hydrogen (secondary N) is 2. The van der Waals surface area contributed by atoms with Crippen LogP contribution >= 0.6 is 0 Å². The highest BCUT2D eigenvalue weighted by Crippen LogP contribution is 2.22. The van der Waals surface area contributed by atoms with E-state index in [0.29, 0.717) is 51.4 Å². The van der Waals surface area contributed by atoms with E-state index in [0.717, 1.165) is 19.3 Å². The van der Waals surface area contributed by atoms with Crippen molar-refractivity contribution in [3.05, 3.63) is 29.8 Å². The van der Waals surface area contributed by atoms with Gasteiger partial charge in [-0.15, -0.1) is 0 Å². The maximum atomic E-state index is 12.8. The molecular weight excluding hydrogens is 408 g/mol. The number of methoxy groups -OCH3 is 1. The van der Waals surface area contributed by atoms with Crippen molar-refractivity contribution in [2.45, 2.75) is 30.2 Å². The number of amides is 2. The van der Waals surface area contributed by atoms with Gasteiger partial charge in [0.25, 0.3) is 5.91 Å². The predicted molar refractivity (Wildman–Crippen MR) is 112 cm³/mol. The van der Waals surface area contributed by atoms with Gasteiger partial charge in [-0.3, -0.25) is 14.5 Å². The third-order valence-corrected chi connectivity index (χ3v) is 6.68. The fourth-order valence-electron chi connectivity index (χ4n) is 3.28. The van der Waals surface area contributed by atoms with E-state index < -0.39 is 10.0 Å². The first-order valence-corrected chi connectivity index (χ1v) is 11.8. The molecule has 1 heterocycles. The fourth-order valence-corrected chi connectivity index (χ4v) is 4.63. The van der Waals surface area contributed by atoms with Gasteiger partial charge in [-0.05, 0) is 37.5 Å². The minimum absolute atomic E-state index is 0.0135. The summed E-state index contributed by atoms with van der Waals surface area (Å²) in [6.07, 6.45) is 2.48. The molecule has 0 atom stereocenters. The summed E-state index contributed by atoms with van der Waals surface area (Å²) in [5.41, 5.74) is 0.359. The largest absolute Gasteiger partial charge is 0.385 e. The van der Waals surface area contributed by atoms with Crippen molar-refractivity contribution in [2.24, 2.45) is 0 Å². The highest BCUT2D eigenvalue weighted by atomic mass is 32.2. The Morgan fingerprint density at radius 2 is 1.90 bits per heavy atom. The van der Waals surface area contributed by atoms with E-state index >= 15 is 0 Å². The Kier molecular flexibility index (Phi) is 7.81. The van der Waals surface area contributed by atoms with Crippen molar-refractivity contribution < 1.29 is 22.7 Å². The molecule has 9 nitrogen and oxygen atoms in total. The molecule has 0 radical (unpaired) electrons. The van der Waals surface area contributed by atoms with Crippen LogP contribution in [0.3, 0.4) is 0 Å². The number of carbonyl (C=O) groups is 2. The SMILES string of the molecule is COCCCNC(=O)CN1CCN(C(=O)c2cccc(S(=O)(=O)NC3CC3)c2)CC1. The summed E-state index contributed by atoms with van der Waals surface area (Å²) in [5.74, 6) is -0.228. The van der Waals surface area contributed by atoms with Gasteiger partial charge < -0.3 is 15.0 Å². The fraction of sp³-hybridized carbons (Fsp3) is 0.600. The molecule has 0 spiro atoms. The van der Waals surface area contributed by atoms with Gasteiger partial charge in [0.15, 0.2) is 0 Å². The number of rotatable bonds is 10. The Hall–Kier alpha value is -2.01. The van der Waals surface area contributed by atoms with Crippen molar-refractivity contribution in [1.29, 1.82) is 0 Å². The van der Waals surface area contributed by atoms with Crippen molar-refractivity contribution in [3.8, 4) is 0 Å². The molecule has 2 aliphatic rings. The second-order valence-electron chi connectivity index (χ2n) is 7.69. The summed E-state index contributed by atoms with van der Waals surface area (Å²) in [5, 5.41) is 2.86. The third kappa shape index (κ3) is 6.49. The zero-order valence-corrected chi connectivity index (χ0v) is 18.1. The normalized spacial score (nSPS) is 17.7. The number of benzene rings is 1. The second kappa shape index (κ2) is 10.3. The summed E-state index contributed by atoms with van der Waals surface area (Å²) in [4.78, 5) is 28.7. The molecule has 3 rings (SSSR count). The van der Waals surface area contributed by atoms with Crippen LogP contribution in [0, 0.1) is 0 Å². The van der Waals surface area contributed by atoms with Crippen molar-refractivity contribution in [3.63, 3.8) is 0 Å². The summed E-state index contributed by atoms with van der Waals surface area (Å²) in [7, 11) is -1.97. The molecule has 1 aliphatic carbocycles. The van der Waals surface area contributed by atoms with E-state index in [9.17, 15) is 18.0 Å². The highest BCUT2D eigenvalue weighted by Gasteiger charge is 2.29. The maximum Gasteiger partial charge on any atom is 0.253 e. The van der Waals surface area contributed by atoms with E-state index in [1.54, 1.807) is 24.1 Å².